The number of fused-ring (bicyclic) bond motifs is 1. The standard InChI is InChI=1S/C24H22N4O8S/c1-34-18-8-6-17(7-9-18)28-37(32,33)19-4-2-3-15(11-19)24(31)27-26-22(29)13-25-23(30)16-5-10-20-21(12-16)36-14-35-20/h2-12,28H,13-14H2,1H3,(H,25,30)(H,26,29)(H,27,31). The molecule has 0 bridgehead atoms. The van der Waals surface area contributed by atoms with Crippen molar-refractivity contribution < 1.29 is 37.0 Å². The number of hydrogen-bond acceptors (Lipinski definition) is 8. The summed E-state index contributed by atoms with van der Waals surface area (Å²) in [6.45, 7) is -0.357. The molecule has 3 amide bonds. The second kappa shape index (κ2) is 10.9. The first-order chi connectivity index (χ1) is 17.7. The molecule has 0 spiro atoms. The van der Waals surface area contributed by atoms with Gasteiger partial charge in [-0.3, -0.25) is 30.0 Å². The monoisotopic (exact) mass is 526 g/mol. The maximum absolute atomic E-state index is 12.7. The van der Waals surface area contributed by atoms with Crippen LogP contribution in [0, 0.1) is 0 Å². The number of methoxy groups -OCH3 is 1. The predicted octanol–water partition coefficient (Wildman–Crippen LogP) is 1.42. The van der Waals surface area contributed by atoms with Gasteiger partial charge in [0, 0.05) is 16.8 Å². The largest absolute Gasteiger partial charge is 0.497 e. The third kappa shape index (κ3) is 6.27. The topological polar surface area (TPSA) is 161 Å². The van der Waals surface area contributed by atoms with Gasteiger partial charge in [0.15, 0.2) is 11.5 Å². The smallest absolute Gasteiger partial charge is 0.269 e. The maximum atomic E-state index is 12.7. The van der Waals surface area contributed by atoms with Gasteiger partial charge in [-0.05, 0) is 60.7 Å². The van der Waals surface area contributed by atoms with Gasteiger partial charge in [-0.2, -0.15) is 0 Å². The van der Waals surface area contributed by atoms with E-state index in [1.807, 2.05) is 0 Å². The summed E-state index contributed by atoms with van der Waals surface area (Å²) in [5.41, 5.74) is 4.91. The molecule has 0 aliphatic carbocycles. The van der Waals surface area contributed by atoms with Crippen molar-refractivity contribution in [1.82, 2.24) is 16.2 Å². The Labute approximate surface area is 211 Å². The summed E-state index contributed by atoms with van der Waals surface area (Å²) < 4.78 is 43.3. The Kier molecular flexibility index (Phi) is 7.44. The van der Waals surface area contributed by atoms with Crippen LogP contribution in [-0.2, 0) is 14.8 Å². The number of nitrogens with one attached hydrogen (secondary N) is 4. The third-order valence-electron chi connectivity index (χ3n) is 5.11. The quantitative estimate of drug-likeness (QED) is 0.321. The van der Waals surface area contributed by atoms with Crippen LogP contribution in [-0.4, -0.2) is 46.6 Å². The number of ether oxygens (including phenoxy) is 3. The van der Waals surface area contributed by atoms with Crippen LogP contribution in [0.4, 0.5) is 5.69 Å². The first-order valence-corrected chi connectivity index (χ1v) is 12.3. The van der Waals surface area contributed by atoms with E-state index in [4.69, 9.17) is 14.2 Å². The van der Waals surface area contributed by atoms with E-state index >= 15 is 0 Å². The minimum atomic E-state index is -3.99. The van der Waals surface area contributed by atoms with Crippen molar-refractivity contribution in [2.24, 2.45) is 0 Å². The van der Waals surface area contributed by atoms with Crippen molar-refractivity contribution in [2.75, 3.05) is 25.2 Å². The van der Waals surface area contributed by atoms with E-state index in [2.05, 4.69) is 20.9 Å². The molecule has 0 atom stereocenters. The number of amides is 3. The lowest BCUT2D eigenvalue weighted by molar-refractivity contribution is -0.120. The first-order valence-electron chi connectivity index (χ1n) is 10.8. The zero-order chi connectivity index (χ0) is 26.4. The van der Waals surface area contributed by atoms with E-state index in [1.54, 1.807) is 18.2 Å². The molecule has 4 rings (SSSR count). The number of sulfonamides is 1. The van der Waals surface area contributed by atoms with E-state index in [0.717, 1.165) is 6.07 Å². The lowest BCUT2D eigenvalue weighted by atomic mass is 10.2. The third-order valence-corrected chi connectivity index (χ3v) is 6.49. The van der Waals surface area contributed by atoms with Gasteiger partial charge in [0.2, 0.25) is 6.79 Å². The summed E-state index contributed by atoms with van der Waals surface area (Å²) in [7, 11) is -2.50. The number of carbonyl (C=O) groups is 3. The van der Waals surface area contributed by atoms with Crippen molar-refractivity contribution in [3.05, 3.63) is 77.9 Å². The van der Waals surface area contributed by atoms with Gasteiger partial charge in [0.1, 0.15) is 5.75 Å². The Morgan fingerprint density at radius 1 is 0.865 bits per heavy atom. The van der Waals surface area contributed by atoms with Gasteiger partial charge in [-0.25, -0.2) is 8.42 Å². The van der Waals surface area contributed by atoms with Gasteiger partial charge in [0.05, 0.1) is 18.6 Å². The molecule has 1 aliphatic rings. The number of benzene rings is 3. The van der Waals surface area contributed by atoms with Crippen LogP contribution in [0.15, 0.2) is 71.6 Å². The molecule has 3 aromatic carbocycles. The highest BCUT2D eigenvalue weighted by molar-refractivity contribution is 7.92. The Balaban J connectivity index is 1.30. The molecule has 0 radical (unpaired) electrons. The van der Waals surface area contributed by atoms with E-state index < -0.39 is 34.3 Å². The van der Waals surface area contributed by atoms with Crippen LogP contribution in [0.25, 0.3) is 0 Å². The molecule has 1 aliphatic heterocycles. The van der Waals surface area contributed by atoms with Crippen molar-refractivity contribution in [3.63, 3.8) is 0 Å². The molecule has 192 valence electrons. The molecule has 0 unspecified atom stereocenters. The Bertz CT molecular complexity index is 1440. The van der Waals surface area contributed by atoms with E-state index in [0.29, 0.717) is 22.9 Å². The van der Waals surface area contributed by atoms with Crippen molar-refractivity contribution in [3.8, 4) is 17.2 Å². The Morgan fingerprint density at radius 3 is 2.35 bits per heavy atom. The molecule has 3 aromatic rings. The summed E-state index contributed by atoms with van der Waals surface area (Å²) in [6.07, 6.45) is 0. The molecule has 0 saturated carbocycles. The zero-order valence-electron chi connectivity index (χ0n) is 19.4. The molecular weight excluding hydrogens is 504 g/mol. The average Bonchev–Trinajstić information content (AvgIpc) is 3.38. The SMILES string of the molecule is COc1ccc(NS(=O)(=O)c2cccc(C(=O)NNC(=O)CNC(=O)c3ccc4c(c3)OCO4)c2)cc1. The van der Waals surface area contributed by atoms with Crippen LogP contribution < -0.4 is 35.1 Å². The number of hydrazine groups is 1. The minimum absolute atomic E-state index is 0.0118. The molecule has 0 fully saturated rings. The molecular formula is C24H22N4O8S. The van der Waals surface area contributed by atoms with Crippen molar-refractivity contribution >= 4 is 33.4 Å². The Hall–Kier alpha value is -4.78. The second-order valence-electron chi connectivity index (χ2n) is 7.61. The zero-order valence-corrected chi connectivity index (χ0v) is 20.3. The predicted molar refractivity (Wildman–Crippen MR) is 131 cm³/mol. The summed E-state index contributed by atoms with van der Waals surface area (Å²) in [4.78, 5) is 36.6. The van der Waals surface area contributed by atoms with Gasteiger partial charge in [-0.1, -0.05) is 6.07 Å². The molecule has 12 nitrogen and oxygen atoms in total. The normalized spacial score (nSPS) is 11.8. The number of rotatable bonds is 8. The lowest BCUT2D eigenvalue weighted by Gasteiger charge is -2.11. The lowest BCUT2D eigenvalue weighted by Crippen LogP contribution is -2.46. The van der Waals surface area contributed by atoms with E-state index in [1.165, 1.54) is 49.6 Å². The van der Waals surface area contributed by atoms with Crippen LogP contribution >= 0.6 is 0 Å². The molecule has 37 heavy (non-hydrogen) atoms. The van der Waals surface area contributed by atoms with Crippen molar-refractivity contribution in [1.29, 1.82) is 0 Å². The van der Waals surface area contributed by atoms with E-state index in [-0.39, 0.29) is 22.8 Å². The van der Waals surface area contributed by atoms with E-state index in [9.17, 15) is 22.8 Å². The van der Waals surface area contributed by atoms with Crippen LogP contribution in [0.1, 0.15) is 20.7 Å². The Morgan fingerprint density at radius 2 is 1.59 bits per heavy atom. The average molecular weight is 527 g/mol. The fourth-order valence-electron chi connectivity index (χ4n) is 3.22. The summed E-state index contributed by atoms with van der Waals surface area (Å²) >= 11 is 0. The molecule has 13 heteroatoms. The molecule has 4 N–H and O–H groups in total. The van der Waals surface area contributed by atoms with Crippen LogP contribution in [0.3, 0.4) is 0 Å². The summed E-state index contributed by atoms with van der Waals surface area (Å²) in [5.74, 6) is -0.472. The van der Waals surface area contributed by atoms with Gasteiger partial charge in [-0.15, -0.1) is 0 Å². The summed E-state index contributed by atoms with van der Waals surface area (Å²) in [6, 6.07) is 16.1. The fourth-order valence-corrected chi connectivity index (χ4v) is 4.32. The second-order valence-corrected chi connectivity index (χ2v) is 9.30. The molecule has 0 saturated heterocycles. The van der Waals surface area contributed by atoms with Crippen LogP contribution in [0.5, 0.6) is 17.2 Å². The van der Waals surface area contributed by atoms with Gasteiger partial charge < -0.3 is 19.5 Å². The highest BCUT2D eigenvalue weighted by Crippen LogP contribution is 2.32. The van der Waals surface area contributed by atoms with Gasteiger partial charge in [0.25, 0.3) is 27.7 Å². The minimum Gasteiger partial charge on any atom is -0.497 e. The molecule has 0 aromatic heterocycles. The van der Waals surface area contributed by atoms with Crippen molar-refractivity contribution in [2.45, 2.75) is 4.90 Å². The highest BCUT2D eigenvalue weighted by Gasteiger charge is 2.18. The number of hydrogen-bond donors (Lipinski definition) is 4. The van der Waals surface area contributed by atoms with Gasteiger partial charge >= 0.3 is 0 Å². The highest BCUT2D eigenvalue weighted by atomic mass is 32.2. The summed E-state index contributed by atoms with van der Waals surface area (Å²) in [5, 5.41) is 2.42. The maximum Gasteiger partial charge on any atom is 0.269 e. The number of carbonyl (C=O) groups excluding carboxylic acids is 3. The fraction of sp³-hybridized carbons (Fsp3) is 0.125. The first kappa shape index (κ1) is 25.3. The van der Waals surface area contributed by atoms with Crippen LogP contribution in [0.2, 0.25) is 0 Å². The number of anilines is 1. The molecule has 1 heterocycles.